The Morgan fingerprint density at radius 2 is 1.80 bits per heavy atom. The van der Waals surface area contributed by atoms with Crippen molar-refractivity contribution in [2.24, 2.45) is 11.8 Å². The number of ether oxygens (including phenoxy) is 1. The molecule has 0 aromatic heterocycles. The number of likely N-dealkylation sites (N-methyl/N-ethyl adjacent to an activating group) is 1. The summed E-state index contributed by atoms with van der Waals surface area (Å²) < 4.78 is 5.44. The molecule has 2 aliphatic rings. The smallest absolute Gasteiger partial charge is 0.242 e. The van der Waals surface area contributed by atoms with Gasteiger partial charge < -0.3 is 25.2 Å². The number of piperidine rings is 1. The molecule has 2 rings (SSSR count). The van der Waals surface area contributed by atoms with Crippen LogP contribution in [-0.2, 0) is 23.9 Å². The number of carbonyl (C=O) groups excluding carboxylic acids is 4. The van der Waals surface area contributed by atoms with Crippen LogP contribution in [0.1, 0.15) is 80.1 Å². The standard InChI is InChI=1S/C14H27N3O4.C9H15NO.C3H8/c1-6-10(2)14(11(21-5)7-12(19)15-3)17(4)13(20)8-16-9-18;1-6-8-3-4-9(5-8)10(6)7(2)11;1-3-2/h9-11,14H,6-8H2,1-5H3,(H,15,19)(H,16,18);6,8-9H,3-5H2,1-2H3;3H2,1-2H3. The first-order valence-electron chi connectivity index (χ1n) is 13.0. The summed E-state index contributed by atoms with van der Waals surface area (Å²) in [4.78, 5) is 48.8. The van der Waals surface area contributed by atoms with Crippen molar-refractivity contribution in [2.75, 3.05) is 27.7 Å². The minimum atomic E-state index is -0.398. The molecule has 9 heteroatoms. The van der Waals surface area contributed by atoms with Crippen LogP contribution in [0.25, 0.3) is 0 Å². The van der Waals surface area contributed by atoms with Crippen molar-refractivity contribution in [1.29, 1.82) is 0 Å². The lowest BCUT2D eigenvalue weighted by atomic mass is 9.91. The van der Waals surface area contributed by atoms with Crippen LogP contribution in [0.4, 0.5) is 0 Å². The van der Waals surface area contributed by atoms with Gasteiger partial charge in [0.1, 0.15) is 0 Å². The number of carbonyl (C=O) groups is 4. The molecule has 6 atom stereocenters. The fraction of sp³-hybridized carbons (Fsp3) is 0.846. The van der Waals surface area contributed by atoms with E-state index >= 15 is 0 Å². The fourth-order valence-corrected chi connectivity index (χ4v) is 5.07. The Balaban J connectivity index is 0.000000677. The van der Waals surface area contributed by atoms with Gasteiger partial charge in [0.15, 0.2) is 0 Å². The summed E-state index contributed by atoms with van der Waals surface area (Å²) in [6.07, 6.45) is 6.22. The first-order valence-corrected chi connectivity index (χ1v) is 13.0. The van der Waals surface area contributed by atoms with E-state index in [9.17, 15) is 19.2 Å². The zero-order chi connectivity index (χ0) is 27.1. The molecule has 1 saturated heterocycles. The van der Waals surface area contributed by atoms with E-state index in [1.807, 2.05) is 13.8 Å². The van der Waals surface area contributed by atoms with Crippen LogP contribution in [0, 0.1) is 11.8 Å². The van der Waals surface area contributed by atoms with Crippen LogP contribution in [-0.4, -0.2) is 85.9 Å². The highest BCUT2D eigenvalue weighted by atomic mass is 16.5. The Morgan fingerprint density at radius 3 is 2.17 bits per heavy atom. The van der Waals surface area contributed by atoms with Crippen molar-refractivity contribution in [3.05, 3.63) is 0 Å². The van der Waals surface area contributed by atoms with Gasteiger partial charge in [-0.1, -0.05) is 40.5 Å². The van der Waals surface area contributed by atoms with Gasteiger partial charge in [-0.3, -0.25) is 19.2 Å². The summed E-state index contributed by atoms with van der Waals surface area (Å²) in [5.41, 5.74) is 0. The quantitative estimate of drug-likeness (QED) is 0.450. The average Bonchev–Trinajstić information content (AvgIpc) is 3.43. The normalized spacial score (nSPS) is 22.4. The number of fused-ring (bicyclic) bond motifs is 2. The van der Waals surface area contributed by atoms with Crippen LogP contribution >= 0.6 is 0 Å². The molecule has 1 aliphatic carbocycles. The molecule has 0 aromatic rings. The lowest BCUT2D eigenvalue weighted by Crippen LogP contribution is -2.52. The number of hydrogen-bond donors (Lipinski definition) is 2. The number of methoxy groups -OCH3 is 1. The number of likely N-dealkylation sites (tertiary alicyclic amines) is 1. The molecule has 2 bridgehead atoms. The van der Waals surface area contributed by atoms with Gasteiger partial charge in [-0.25, -0.2) is 0 Å². The second kappa shape index (κ2) is 17.3. The molecular formula is C26H50N4O5. The molecule has 2 N–H and O–H groups in total. The minimum Gasteiger partial charge on any atom is -0.379 e. The molecule has 35 heavy (non-hydrogen) atoms. The van der Waals surface area contributed by atoms with E-state index in [0.717, 1.165) is 12.3 Å². The molecule has 2 fully saturated rings. The molecular weight excluding hydrogens is 448 g/mol. The third-order valence-corrected chi connectivity index (χ3v) is 7.08. The summed E-state index contributed by atoms with van der Waals surface area (Å²) in [5, 5.41) is 4.92. The van der Waals surface area contributed by atoms with Crippen molar-refractivity contribution in [3.8, 4) is 0 Å². The number of amides is 4. The van der Waals surface area contributed by atoms with Gasteiger partial charge in [-0.05, 0) is 38.0 Å². The molecule has 1 heterocycles. The molecule has 1 aliphatic heterocycles. The second-order valence-corrected chi connectivity index (χ2v) is 9.63. The summed E-state index contributed by atoms with van der Waals surface area (Å²) in [5.74, 6) is 0.881. The number of nitrogens with zero attached hydrogens (tertiary/aromatic N) is 2. The van der Waals surface area contributed by atoms with E-state index in [4.69, 9.17) is 4.74 Å². The third kappa shape index (κ3) is 10.2. The number of nitrogens with one attached hydrogen (secondary N) is 2. The molecule has 204 valence electrons. The van der Waals surface area contributed by atoms with Crippen LogP contribution in [0.15, 0.2) is 0 Å². The highest BCUT2D eigenvalue weighted by molar-refractivity contribution is 5.80. The van der Waals surface area contributed by atoms with Gasteiger partial charge in [-0.15, -0.1) is 0 Å². The Bertz CT molecular complexity index is 658. The van der Waals surface area contributed by atoms with Crippen molar-refractivity contribution in [2.45, 2.75) is 104 Å². The maximum Gasteiger partial charge on any atom is 0.242 e. The number of rotatable bonds is 10. The first kappa shape index (κ1) is 32.8. The maximum atomic E-state index is 12.1. The summed E-state index contributed by atoms with van der Waals surface area (Å²) >= 11 is 0. The predicted octanol–water partition coefficient (Wildman–Crippen LogP) is 2.58. The van der Waals surface area contributed by atoms with Crippen LogP contribution in [0.2, 0.25) is 0 Å². The molecule has 0 radical (unpaired) electrons. The lowest BCUT2D eigenvalue weighted by Gasteiger charge is -2.37. The molecule has 0 aromatic carbocycles. The SMILES string of the molecule is CC(=O)N1C2CCC(C2)C1C.CCC.CCC(C)C(C(CC(=O)NC)OC)N(C)C(=O)CNC=O. The zero-order valence-electron chi connectivity index (χ0n) is 23.4. The van der Waals surface area contributed by atoms with Crippen molar-refractivity contribution in [3.63, 3.8) is 0 Å². The Morgan fingerprint density at radius 1 is 1.20 bits per heavy atom. The van der Waals surface area contributed by atoms with E-state index < -0.39 is 6.10 Å². The molecule has 1 saturated carbocycles. The van der Waals surface area contributed by atoms with E-state index in [-0.39, 0.29) is 42.6 Å². The maximum absolute atomic E-state index is 12.1. The van der Waals surface area contributed by atoms with Gasteiger partial charge in [-0.2, -0.15) is 0 Å². The second-order valence-electron chi connectivity index (χ2n) is 9.63. The third-order valence-electron chi connectivity index (χ3n) is 7.08. The number of hydrogen-bond acceptors (Lipinski definition) is 5. The molecule has 9 nitrogen and oxygen atoms in total. The summed E-state index contributed by atoms with van der Waals surface area (Å²) in [7, 11) is 4.77. The van der Waals surface area contributed by atoms with Crippen molar-refractivity contribution < 1.29 is 23.9 Å². The van der Waals surface area contributed by atoms with Crippen molar-refractivity contribution in [1.82, 2.24) is 20.4 Å². The lowest BCUT2D eigenvalue weighted by molar-refractivity contribution is -0.138. The van der Waals surface area contributed by atoms with Crippen molar-refractivity contribution >= 4 is 24.1 Å². The van der Waals surface area contributed by atoms with Gasteiger partial charge in [0.05, 0.1) is 25.1 Å². The predicted molar refractivity (Wildman–Crippen MR) is 139 cm³/mol. The fourth-order valence-electron chi connectivity index (χ4n) is 5.07. The molecule has 4 amide bonds. The van der Waals surface area contributed by atoms with Gasteiger partial charge in [0, 0.05) is 40.2 Å². The van der Waals surface area contributed by atoms with Crippen LogP contribution in [0.3, 0.4) is 0 Å². The summed E-state index contributed by atoms with van der Waals surface area (Å²) in [6.45, 7) is 12.1. The minimum absolute atomic E-state index is 0.0661. The Hall–Kier alpha value is -2.16. The van der Waals surface area contributed by atoms with E-state index in [2.05, 4.69) is 36.3 Å². The Kier molecular flexibility index (Phi) is 16.2. The highest BCUT2D eigenvalue weighted by Crippen LogP contribution is 2.41. The molecule has 6 unspecified atom stereocenters. The van der Waals surface area contributed by atoms with Gasteiger partial charge in [0.2, 0.25) is 24.1 Å². The average molecular weight is 499 g/mol. The largest absolute Gasteiger partial charge is 0.379 e. The summed E-state index contributed by atoms with van der Waals surface area (Å²) in [6, 6.07) is 0.872. The van der Waals surface area contributed by atoms with E-state index in [1.54, 1.807) is 25.9 Å². The molecule has 0 spiro atoms. The van der Waals surface area contributed by atoms with Crippen LogP contribution in [0.5, 0.6) is 0 Å². The Labute approximate surface area is 212 Å². The first-order chi connectivity index (χ1) is 16.5. The van der Waals surface area contributed by atoms with Gasteiger partial charge in [0.25, 0.3) is 0 Å². The zero-order valence-corrected chi connectivity index (χ0v) is 23.4. The monoisotopic (exact) mass is 498 g/mol. The highest BCUT2D eigenvalue weighted by Gasteiger charge is 2.44. The van der Waals surface area contributed by atoms with Crippen LogP contribution < -0.4 is 10.6 Å². The van der Waals surface area contributed by atoms with E-state index in [1.165, 1.54) is 32.8 Å². The van der Waals surface area contributed by atoms with E-state index in [0.29, 0.717) is 18.5 Å². The topological polar surface area (TPSA) is 108 Å². The van der Waals surface area contributed by atoms with Gasteiger partial charge >= 0.3 is 0 Å².